The predicted molar refractivity (Wildman–Crippen MR) is 81.0 cm³/mol. The predicted octanol–water partition coefficient (Wildman–Crippen LogP) is 2.97. The number of nitrogens with one attached hydrogen (secondary N) is 1. The molecular weight excluding hydrogens is 256 g/mol. The maximum atomic E-state index is 12.2. The molecule has 1 aliphatic heterocycles. The lowest BCUT2D eigenvalue weighted by atomic mass is 10.0. The van der Waals surface area contributed by atoms with Gasteiger partial charge >= 0.3 is 0 Å². The number of nitrogens with zero attached hydrogens (tertiary/aromatic N) is 1. The molecule has 0 spiro atoms. The van der Waals surface area contributed by atoms with Crippen LogP contribution in [0.5, 0.6) is 0 Å². The van der Waals surface area contributed by atoms with Crippen molar-refractivity contribution in [3.63, 3.8) is 0 Å². The van der Waals surface area contributed by atoms with Gasteiger partial charge < -0.3 is 10.2 Å². The van der Waals surface area contributed by atoms with E-state index in [9.17, 15) is 4.79 Å². The number of hydrogen-bond donors (Lipinski definition) is 1. The molecule has 1 aromatic rings. The van der Waals surface area contributed by atoms with Gasteiger partial charge in [-0.15, -0.1) is 11.3 Å². The minimum absolute atomic E-state index is 0.102. The summed E-state index contributed by atoms with van der Waals surface area (Å²) in [5, 5.41) is 3.19. The van der Waals surface area contributed by atoms with Crippen molar-refractivity contribution in [1.82, 2.24) is 10.2 Å². The summed E-state index contributed by atoms with van der Waals surface area (Å²) in [5.41, 5.74) is 0.855. The first-order valence-corrected chi connectivity index (χ1v) is 7.91. The number of carbonyl (C=O) groups excluding carboxylic acids is 1. The number of amides is 1. The number of aryl methyl sites for hydroxylation is 2. The molecule has 4 heteroatoms. The average molecular weight is 280 g/mol. The maximum absolute atomic E-state index is 12.2. The van der Waals surface area contributed by atoms with Crippen molar-refractivity contribution >= 4 is 17.2 Å². The van der Waals surface area contributed by atoms with Crippen LogP contribution in [-0.2, 0) is 0 Å². The molecule has 1 aliphatic rings. The van der Waals surface area contributed by atoms with Crippen LogP contribution in [0.15, 0.2) is 6.07 Å². The zero-order valence-corrected chi connectivity index (χ0v) is 13.1. The minimum Gasteiger partial charge on any atom is -0.349 e. The van der Waals surface area contributed by atoms with Gasteiger partial charge in [0.05, 0.1) is 5.56 Å². The van der Waals surface area contributed by atoms with Gasteiger partial charge in [0.2, 0.25) is 0 Å². The molecule has 1 fully saturated rings. The first kappa shape index (κ1) is 14.5. The molecule has 106 valence electrons. The molecule has 2 heterocycles. The van der Waals surface area contributed by atoms with Gasteiger partial charge in [-0.1, -0.05) is 0 Å². The number of likely N-dealkylation sites (tertiary alicyclic amines) is 1. The van der Waals surface area contributed by atoms with Crippen molar-refractivity contribution in [3.05, 3.63) is 21.4 Å². The van der Waals surface area contributed by atoms with Gasteiger partial charge in [-0.2, -0.15) is 0 Å². The van der Waals surface area contributed by atoms with E-state index in [1.54, 1.807) is 11.3 Å². The van der Waals surface area contributed by atoms with Gasteiger partial charge in [-0.3, -0.25) is 4.79 Å². The van der Waals surface area contributed by atoms with E-state index in [0.717, 1.165) is 36.4 Å². The van der Waals surface area contributed by atoms with Crippen molar-refractivity contribution in [2.45, 2.75) is 52.6 Å². The Bertz CT molecular complexity index is 445. The number of rotatable bonds is 3. The van der Waals surface area contributed by atoms with Crippen molar-refractivity contribution < 1.29 is 4.79 Å². The van der Waals surface area contributed by atoms with Crippen LogP contribution < -0.4 is 5.32 Å². The number of hydrogen-bond acceptors (Lipinski definition) is 3. The van der Waals surface area contributed by atoms with Gasteiger partial charge in [0, 0.05) is 34.9 Å². The lowest BCUT2D eigenvalue weighted by Gasteiger charge is -2.34. The molecule has 0 saturated carbocycles. The summed E-state index contributed by atoms with van der Waals surface area (Å²) in [7, 11) is 0. The normalized spacial score (nSPS) is 17.9. The molecule has 0 bridgehead atoms. The molecule has 1 aromatic heterocycles. The zero-order valence-electron chi connectivity index (χ0n) is 12.3. The number of carbonyl (C=O) groups is 1. The van der Waals surface area contributed by atoms with E-state index in [1.165, 1.54) is 4.88 Å². The summed E-state index contributed by atoms with van der Waals surface area (Å²) in [6, 6.07) is 2.94. The minimum atomic E-state index is 0.102. The lowest BCUT2D eigenvalue weighted by Crippen LogP contribution is -2.46. The SMILES string of the molecule is Cc1cc(C(=O)NC2CCN(C(C)C)CC2)c(C)s1. The summed E-state index contributed by atoms with van der Waals surface area (Å²) in [6.07, 6.45) is 2.12. The number of piperidine rings is 1. The van der Waals surface area contributed by atoms with Crippen molar-refractivity contribution in [2.75, 3.05) is 13.1 Å². The highest BCUT2D eigenvalue weighted by Crippen LogP contribution is 2.21. The lowest BCUT2D eigenvalue weighted by molar-refractivity contribution is 0.0900. The topological polar surface area (TPSA) is 32.3 Å². The molecule has 0 unspecified atom stereocenters. The van der Waals surface area contributed by atoms with Crippen LogP contribution in [0, 0.1) is 13.8 Å². The van der Waals surface area contributed by atoms with Crippen molar-refractivity contribution in [1.29, 1.82) is 0 Å². The van der Waals surface area contributed by atoms with Gasteiger partial charge in [-0.05, 0) is 46.6 Å². The molecular formula is C15H24N2OS. The van der Waals surface area contributed by atoms with Crippen LogP contribution in [0.2, 0.25) is 0 Å². The molecule has 1 N–H and O–H groups in total. The summed E-state index contributed by atoms with van der Waals surface area (Å²) in [5.74, 6) is 0.102. The third-order valence-corrected chi connectivity index (χ3v) is 4.85. The monoisotopic (exact) mass is 280 g/mol. The van der Waals surface area contributed by atoms with E-state index in [1.807, 2.05) is 13.0 Å². The third-order valence-electron chi connectivity index (χ3n) is 3.88. The summed E-state index contributed by atoms with van der Waals surface area (Å²) < 4.78 is 0. The Morgan fingerprint density at radius 3 is 2.47 bits per heavy atom. The van der Waals surface area contributed by atoms with Gasteiger partial charge in [0.25, 0.3) is 5.91 Å². The van der Waals surface area contributed by atoms with Crippen LogP contribution in [0.4, 0.5) is 0 Å². The Hall–Kier alpha value is -0.870. The second-order valence-electron chi connectivity index (χ2n) is 5.70. The average Bonchev–Trinajstić information content (AvgIpc) is 2.69. The highest BCUT2D eigenvalue weighted by Gasteiger charge is 2.23. The van der Waals surface area contributed by atoms with Gasteiger partial charge in [-0.25, -0.2) is 0 Å². The van der Waals surface area contributed by atoms with E-state index < -0.39 is 0 Å². The van der Waals surface area contributed by atoms with E-state index in [-0.39, 0.29) is 5.91 Å². The molecule has 2 rings (SSSR count). The summed E-state index contributed by atoms with van der Waals surface area (Å²) >= 11 is 1.69. The van der Waals surface area contributed by atoms with Crippen LogP contribution >= 0.6 is 11.3 Å². The maximum Gasteiger partial charge on any atom is 0.252 e. The Labute approximate surface area is 120 Å². The Morgan fingerprint density at radius 2 is 2.00 bits per heavy atom. The molecule has 0 aromatic carbocycles. The molecule has 19 heavy (non-hydrogen) atoms. The van der Waals surface area contributed by atoms with E-state index in [2.05, 4.69) is 31.0 Å². The fourth-order valence-electron chi connectivity index (χ4n) is 2.68. The van der Waals surface area contributed by atoms with E-state index in [0.29, 0.717) is 12.1 Å². The molecule has 0 atom stereocenters. The Balaban J connectivity index is 1.89. The molecule has 3 nitrogen and oxygen atoms in total. The Kier molecular flexibility index (Phi) is 4.63. The molecule has 1 amide bonds. The standard InChI is InChI=1S/C15H24N2OS/c1-10(2)17-7-5-13(6-8-17)16-15(18)14-9-11(3)19-12(14)4/h9-10,13H,5-8H2,1-4H3,(H,16,18). The number of thiophene rings is 1. The Morgan fingerprint density at radius 1 is 1.37 bits per heavy atom. The second-order valence-corrected chi connectivity index (χ2v) is 7.16. The van der Waals surface area contributed by atoms with Gasteiger partial charge in [0.1, 0.15) is 0 Å². The molecule has 0 aliphatic carbocycles. The first-order chi connectivity index (χ1) is 8.97. The van der Waals surface area contributed by atoms with E-state index in [4.69, 9.17) is 0 Å². The quantitative estimate of drug-likeness (QED) is 0.923. The highest BCUT2D eigenvalue weighted by molar-refractivity contribution is 7.12. The smallest absolute Gasteiger partial charge is 0.252 e. The van der Waals surface area contributed by atoms with Crippen molar-refractivity contribution in [3.8, 4) is 0 Å². The third kappa shape index (κ3) is 3.57. The van der Waals surface area contributed by atoms with Crippen molar-refractivity contribution in [2.24, 2.45) is 0 Å². The van der Waals surface area contributed by atoms with Crippen LogP contribution in [0.3, 0.4) is 0 Å². The zero-order chi connectivity index (χ0) is 14.0. The highest BCUT2D eigenvalue weighted by atomic mass is 32.1. The fraction of sp³-hybridized carbons (Fsp3) is 0.667. The summed E-state index contributed by atoms with van der Waals surface area (Å²) in [4.78, 5) is 17.0. The van der Waals surface area contributed by atoms with Crippen LogP contribution in [0.1, 0.15) is 46.8 Å². The van der Waals surface area contributed by atoms with E-state index >= 15 is 0 Å². The second kappa shape index (κ2) is 6.06. The molecule has 1 saturated heterocycles. The van der Waals surface area contributed by atoms with Crippen LogP contribution in [0.25, 0.3) is 0 Å². The van der Waals surface area contributed by atoms with Crippen LogP contribution in [-0.4, -0.2) is 36.0 Å². The largest absolute Gasteiger partial charge is 0.349 e. The fourth-order valence-corrected chi connectivity index (χ4v) is 3.60. The summed E-state index contributed by atoms with van der Waals surface area (Å²) in [6.45, 7) is 10.7. The first-order valence-electron chi connectivity index (χ1n) is 7.09. The van der Waals surface area contributed by atoms with Gasteiger partial charge in [0.15, 0.2) is 0 Å². The molecule has 0 radical (unpaired) electrons.